The molecule has 0 amide bonds. The molecule has 5 N–H and O–H groups in total. The zero-order chi connectivity index (χ0) is 14.7. The zero-order valence-electron chi connectivity index (χ0n) is 11.5. The molecule has 0 radical (unpaired) electrons. The molecule has 1 saturated carbocycles. The van der Waals surface area contributed by atoms with Crippen LogP contribution in [0, 0.1) is 17.8 Å². The number of carboxylic acid groups (broad SMARTS) is 1. The summed E-state index contributed by atoms with van der Waals surface area (Å²) in [4.78, 5) is 22.7. The highest BCUT2D eigenvalue weighted by molar-refractivity contribution is 5.75. The lowest BCUT2D eigenvalue weighted by atomic mass is 10.00. The minimum atomic E-state index is -1.06. The molecule has 0 heterocycles. The minimum Gasteiger partial charge on any atom is -0.480 e. The van der Waals surface area contributed by atoms with Gasteiger partial charge >= 0.3 is 11.9 Å². The molecule has 2 rings (SSSR count). The monoisotopic (exact) mass is 282 g/mol. The number of hydrogen-bond donors (Lipinski definition) is 3. The van der Waals surface area contributed by atoms with E-state index in [1.807, 2.05) is 6.08 Å². The van der Waals surface area contributed by atoms with Gasteiger partial charge in [0.25, 0.3) is 0 Å². The number of carbonyl (C=O) groups is 2. The van der Waals surface area contributed by atoms with Crippen LogP contribution in [0.1, 0.15) is 32.1 Å². The highest BCUT2D eigenvalue weighted by atomic mass is 16.5. The number of aliphatic carboxylic acids is 1. The molecule has 6 heteroatoms. The number of esters is 1. The first-order valence-electron chi connectivity index (χ1n) is 7.13. The summed E-state index contributed by atoms with van der Waals surface area (Å²) in [5.41, 5.74) is 11.0. The molecule has 0 saturated heterocycles. The largest absolute Gasteiger partial charge is 0.480 e. The molecule has 3 unspecified atom stereocenters. The summed E-state index contributed by atoms with van der Waals surface area (Å²) < 4.78 is 5.44. The van der Waals surface area contributed by atoms with Gasteiger partial charge in [0.05, 0.1) is 5.92 Å². The van der Waals surface area contributed by atoms with Gasteiger partial charge in [0.1, 0.15) is 11.8 Å². The van der Waals surface area contributed by atoms with Crippen LogP contribution in [0.4, 0.5) is 0 Å². The number of nitrogens with two attached hydrogens (primary N) is 2. The van der Waals surface area contributed by atoms with Gasteiger partial charge < -0.3 is 21.3 Å². The average molecular weight is 282 g/mol. The summed E-state index contributed by atoms with van der Waals surface area (Å²) >= 11 is 0. The number of ether oxygens (including phenoxy) is 1. The highest BCUT2D eigenvalue weighted by Gasteiger charge is 2.36. The van der Waals surface area contributed by atoms with E-state index < -0.39 is 17.9 Å². The van der Waals surface area contributed by atoms with Crippen molar-refractivity contribution in [2.75, 3.05) is 6.54 Å². The topological polar surface area (TPSA) is 116 Å². The van der Waals surface area contributed by atoms with Crippen LogP contribution < -0.4 is 11.5 Å². The van der Waals surface area contributed by atoms with Crippen LogP contribution in [-0.4, -0.2) is 29.6 Å². The molecule has 6 nitrogen and oxygen atoms in total. The second-order valence-electron chi connectivity index (χ2n) is 5.71. The zero-order valence-corrected chi connectivity index (χ0v) is 11.5. The minimum absolute atomic E-state index is 0.145. The summed E-state index contributed by atoms with van der Waals surface area (Å²) in [6.07, 6.45) is 5.95. The maximum atomic E-state index is 12.1. The van der Waals surface area contributed by atoms with Gasteiger partial charge in [-0.3, -0.25) is 9.59 Å². The van der Waals surface area contributed by atoms with Crippen LogP contribution >= 0.6 is 0 Å². The summed E-state index contributed by atoms with van der Waals surface area (Å²) in [5.74, 6) is -0.190. The van der Waals surface area contributed by atoms with Gasteiger partial charge in [0.2, 0.25) is 0 Å². The van der Waals surface area contributed by atoms with Gasteiger partial charge in [-0.05, 0) is 44.1 Å². The van der Waals surface area contributed by atoms with Crippen molar-refractivity contribution in [2.45, 2.75) is 38.1 Å². The predicted octanol–water partition coefficient (Wildman–Crippen LogP) is 0.610. The summed E-state index contributed by atoms with van der Waals surface area (Å²) in [7, 11) is 0. The van der Waals surface area contributed by atoms with E-state index in [4.69, 9.17) is 21.3 Å². The number of rotatable bonds is 7. The Balaban J connectivity index is 1.83. The Morgan fingerprint density at radius 3 is 2.65 bits per heavy atom. The van der Waals surface area contributed by atoms with Gasteiger partial charge in [-0.25, -0.2) is 0 Å². The molecule has 4 atom stereocenters. The first-order chi connectivity index (χ1) is 9.51. The van der Waals surface area contributed by atoms with E-state index in [2.05, 4.69) is 0 Å². The molecular weight excluding hydrogens is 260 g/mol. The van der Waals surface area contributed by atoms with Gasteiger partial charge in [-0.1, -0.05) is 0 Å². The standard InChI is InChI=1S/C14H22N2O4/c15-7-10(3-4-11(16)13(17)18)14(19)20-12-6-8-1-2-9(12)5-8/h6,8-11H,1-5,7,15-16H2,(H,17,18)/t8?,9?,10?,11-/m0/s1. The lowest BCUT2D eigenvalue weighted by molar-refractivity contribution is -0.145. The number of fused-ring (bicyclic) bond motifs is 2. The van der Waals surface area contributed by atoms with Crippen molar-refractivity contribution in [3.63, 3.8) is 0 Å². The van der Waals surface area contributed by atoms with Crippen molar-refractivity contribution < 1.29 is 19.4 Å². The van der Waals surface area contributed by atoms with E-state index >= 15 is 0 Å². The Morgan fingerprint density at radius 1 is 1.40 bits per heavy atom. The first kappa shape index (κ1) is 15.0. The third-order valence-electron chi connectivity index (χ3n) is 4.26. The quantitative estimate of drug-likeness (QED) is 0.589. The molecule has 2 bridgehead atoms. The fraction of sp³-hybridized carbons (Fsp3) is 0.714. The summed E-state index contributed by atoms with van der Waals surface area (Å²) in [6, 6.07) is -0.960. The fourth-order valence-corrected chi connectivity index (χ4v) is 2.95. The Hall–Kier alpha value is -1.40. The van der Waals surface area contributed by atoms with Crippen molar-refractivity contribution in [1.29, 1.82) is 0 Å². The van der Waals surface area contributed by atoms with Crippen molar-refractivity contribution in [3.8, 4) is 0 Å². The van der Waals surface area contributed by atoms with Gasteiger partial charge in [0, 0.05) is 12.5 Å². The molecule has 1 fully saturated rings. The van der Waals surface area contributed by atoms with Crippen LogP contribution in [0.5, 0.6) is 0 Å². The highest BCUT2D eigenvalue weighted by Crippen LogP contribution is 2.44. The van der Waals surface area contributed by atoms with Crippen LogP contribution in [0.3, 0.4) is 0 Å². The lowest BCUT2D eigenvalue weighted by Gasteiger charge is -2.18. The lowest BCUT2D eigenvalue weighted by Crippen LogP contribution is -2.33. The van der Waals surface area contributed by atoms with Gasteiger partial charge in [0.15, 0.2) is 0 Å². The molecule has 0 aromatic heterocycles. The molecule has 0 aliphatic heterocycles. The van der Waals surface area contributed by atoms with Crippen molar-refractivity contribution in [3.05, 3.63) is 11.8 Å². The van der Waals surface area contributed by atoms with E-state index in [1.54, 1.807) is 0 Å². The van der Waals surface area contributed by atoms with Gasteiger partial charge in [-0.2, -0.15) is 0 Å². The SMILES string of the molecule is NCC(CC[C@H](N)C(=O)O)C(=O)OC1=CC2CCC1C2. The van der Waals surface area contributed by atoms with E-state index in [-0.39, 0.29) is 18.9 Å². The van der Waals surface area contributed by atoms with Gasteiger partial charge in [-0.15, -0.1) is 0 Å². The Morgan fingerprint density at radius 2 is 2.15 bits per heavy atom. The third kappa shape index (κ3) is 3.37. The van der Waals surface area contributed by atoms with E-state index in [0.717, 1.165) is 18.6 Å². The number of hydrogen-bond acceptors (Lipinski definition) is 5. The number of carboxylic acids is 1. The fourth-order valence-electron chi connectivity index (χ4n) is 2.95. The predicted molar refractivity (Wildman–Crippen MR) is 72.4 cm³/mol. The van der Waals surface area contributed by atoms with Crippen molar-refractivity contribution >= 4 is 11.9 Å². The van der Waals surface area contributed by atoms with Crippen LogP contribution in [0.2, 0.25) is 0 Å². The van der Waals surface area contributed by atoms with E-state index in [1.165, 1.54) is 6.42 Å². The Bertz CT molecular complexity index is 421. The maximum absolute atomic E-state index is 12.1. The molecule has 112 valence electrons. The molecule has 0 aromatic carbocycles. The third-order valence-corrected chi connectivity index (χ3v) is 4.26. The Labute approximate surface area is 118 Å². The number of carbonyl (C=O) groups excluding carboxylic acids is 1. The molecular formula is C14H22N2O4. The van der Waals surface area contributed by atoms with Crippen LogP contribution in [0.25, 0.3) is 0 Å². The maximum Gasteiger partial charge on any atom is 0.320 e. The Kier molecular flexibility index (Phi) is 4.77. The average Bonchev–Trinajstić information content (AvgIpc) is 3.01. The molecule has 0 spiro atoms. The van der Waals surface area contributed by atoms with Crippen molar-refractivity contribution in [2.24, 2.45) is 29.2 Å². The van der Waals surface area contributed by atoms with Crippen molar-refractivity contribution in [1.82, 2.24) is 0 Å². The second kappa shape index (κ2) is 6.37. The normalized spacial score (nSPS) is 27.0. The summed E-state index contributed by atoms with van der Waals surface area (Å²) in [6.45, 7) is 0.145. The summed E-state index contributed by atoms with van der Waals surface area (Å²) in [5, 5.41) is 8.73. The molecule has 20 heavy (non-hydrogen) atoms. The molecule has 2 aliphatic rings. The van der Waals surface area contributed by atoms with E-state index in [0.29, 0.717) is 18.3 Å². The van der Waals surface area contributed by atoms with Crippen LogP contribution in [-0.2, 0) is 14.3 Å². The first-order valence-corrected chi connectivity index (χ1v) is 7.13. The molecule has 0 aromatic rings. The molecule has 2 aliphatic carbocycles. The van der Waals surface area contributed by atoms with Crippen LogP contribution in [0.15, 0.2) is 11.8 Å². The van der Waals surface area contributed by atoms with E-state index in [9.17, 15) is 9.59 Å². The smallest absolute Gasteiger partial charge is 0.320 e. The number of allylic oxidation sites excluding steroid dienone is 2. The second-order valence-corrected chi connectivity index (χ2v) is 5.71.